The number of rotatable bonds is 8. The van der Waals surface area contributed by atoms with E-state index in [9.17, 15) is 9.59 Å². The number of benzene rings is 2. The number of esters is 1. The molecule has 0 saturated carbocycles. The standard InChI is InChI=1S/C25H30Cl2N2O3/c1-18(30)28-25(20-7-4-3-5-8-20)12-15-29(16-13-25)14-6-9-21(24(31)32-2)19-10-11-22(26)23(27)17-19/h3-5,7-8,10-11,17,21H,6,9,12-16H2,1-2H3,(H,28,30). The first-order valence-electron chi connectivity index (χ1n) is 10.9. The molecule has 1 heterocycles. The van der Waals surface area contributed by atoms with Gasteiger partial charge >= 0.3 is 5.97 Å². The van der Waals surface area contributed by atoms with Crippen molar-refractivity contribution in [3.05, 3.63) is 69.7 Å². The molecule has 32 heavy (non-hydrogen) atoms. The number of carbonyl (C=O) groups is 2. The largest absolute Gasteiger partial charge is 0.469 e. The van der Waals surface area contributed by atoms with Gasteiger partial charge in [0, 0.05) is 20.0 Å². The number of carbonyl (C=O) groups excluding carboxylic acids is 2. The minimum Gasteiger partial charge on any atom is -0.469 e. The molecule has 0 bridgehead atoms. The highest BCUT2D eigenvalue weighted by Gasteiger charge is 2.36. The van der Waals surface area contributed by atoms with Crippen LogP contribution in [0.4, 0.5) is 0 Å². The smallest absolute Gasteiger partial charge is 0.313 e. The molecule has 0 aromatic heterocycles. The van der Waals surface area contributed by atoms with Gasteiger partial charge in [-0.25, -0.2) is 0 Å². The van der Waals surface area contributed by atoms with Gasteiger partial charge in [-0.15, -0.1) is 0 Å². The lowest BCUT2D eigenvalue weighted by Gasteiger charge is -2.42. The Bertz CT molecular complexity index is 928. The molecular weight excluding hydrogens is 447 g/mol. The zero-order chi connectivity index (χ0) is 23.1. The minimum atomic E-state index is -0.373. The van der Waals surface area contributed by atoms with Crippen LogP contribution >= 0.6 is 23.2 Å². The van der Waals surface area contributed by atoms with E-state index in [1.54, 1.807) is 19.1 Å². The van der Waals surface area contributed by atoms with Crippen molar-refractivity contribution in [2.75, 3.05) is 26.7 Å². The van der Waals surface area contributed by atoms with Gasteiger partial charge in [-0.05, 0) is 55.5 Å². The van der Waals surface area contributed by atoms with E-state index in [1.807, 2.05) is 24.3 Å². The molecule has 1 saturated heterocycles. The van der Waals surface area contributed by atoms with Crippen LogP contribution < -0.4 is 5.32 Å². The Morgan fingerprint density at radius 1 is 1.09 bits per heavy atom. The molecule has 1 atom stereocenters. The molecule has 1 N–H and O–H groups in total. The maximum Gasteiger partial charge on any atom is 0.313 e. The summed E-state index contributed by atoms with van der Waals surface area (Å²) in [6.45, 7) is 4.21. The van der Waals surface area contributed by atoms with Crippen LogP contribution in [0.1, 0.15) is 49.7 Å². The Morgan fingerprint density at radius 3 is 2.38 bits per heavy atom. The molecule has 172 valence electrons. The summed E-state index contributed by atoms with van der Waals surface area (Å²) in [7, 11) is 1.41. The summed E-state index contributed by atoms with van der Waals surface area (Å²) in [5, 5.41) is 4.11. The van der Waals surface area contributed by atoms with Crippen LogP contribution in [0.15, 0.2) is 48.5 Å². The van der Waals surface area contributed by atoms with E-state index in [-0.39, 0.29) is 23.3 Å². The molecule has 0 spiro atoms. The second-order valence-corrected chi connectivity index (χ2v) is 9.18. The summed E-state index contributed by atoms with van der Waals surface area (Å²) in [6, 6.07) is 15.5. The van der Waals surface area contributed by atoms with E-state index in [2.05, 4.69) is 22.3 Å². The van der Waals surface area contributed by atoms with Gasteiger partial charge in [0.25, 0.3) is 0 Å². The Balaban J connectivity index is 1.59. The summed E-state index contributed by atoms with van der Waals surface area (Å²) in [5.74, 6) is -0.650. The molecule has 2 aromatic carbocycles. The van der Waals surface area contributed by atoms with Crippen LogP contribution in [0.25, 0.3) is 0 Å². The first-order valence-corrected chi connectivity index (χ1v) is 11.7. The topological polar surface area (TPSA) is 58.6 Å². The highest BCUT2D eigenvalue weighted by Crippen LogP contribution is 2.34. The van der Waals surface area contributed by atoms with Gasteiger partial charge in [0.1, 0.15) is 0 Å². The van der Waals surface area contributed by atoms with Crippen molar-refractivity contribution >= 4 is 35.1 Å². The highest BCUT2D eigenvalue weighted by molar-refractivity contribution is 6.42. The van der Waals surface area contributed by atoms with E-state index in [0.29, 0.717) is 16.5 Å². The van der Waals surface area contributed by atoms with Crippen molar-refractivity contribution in [3.63, 3.8) is 0 Å². The van der Waals surface area contributed by atoms with Gasteiger partial charge in [-0.2, -0.15) is 0 Å². The normalized spacial score (nSPS) is 16.9. The maximum atomic E-state index is 12.4. The highest BCUT2D eigenvalue weighted by atomic mass is 35.5. The molecule has 1 fully saturated rings. The summed E-state index contributed by atoms with van der Waals surface area (Å²) < 4.78 is 5.02. The van der Waals surface area contributed by atoms with Crippen LogP contribution in [0.3, 0.4) is 0 Å². The lowest BCUT2D eigenvalue weighted by Crippen LogP contribution is -2.52. The minimum absolute atomic E-state index is 0.00940. The molecule has 0 radical (unpaired) electrons. The fourth-order valence-electron chi connectivity index (χ4n) is 4.55. The third kappa shape index (κ3) is 6.03. The summed E-state index contributed by atoms with van der Waals surface area (Å²) in [5.41, 5.74) is 1.65. The SMILES string of the molecule is COC(=O)C(CCCN1CCC(NC(C)=O)(c2ccccc2)CC1)c1ccc(Cl)c(Cl)c1. The van der Waals surface area contributed by atoms with E-state index in [1.165, 1.54) is 7.11 Å². The van der Waals surface area contributed by atoms with Crippen molar-refractivity contribution in [2.45, 2.75) is 44.1 Å². The Morgan fingerprint density at radius 2 is 1.78 bits per heavy atom. The first kappa shape index (κ1) is 24.6. The number of halogens is 2. The number of amides is 1. The summed E-state index contributed by atoms with van der Waals surface area (Å²) in [4.78, 5) is 26.7. The Kier molecular flexibility index (Phi) is 8.57. The molecule has 3 rings (SSSR count). The number of nitrogens with zero attached hydrogens (tertiary/aromatic N) is 1. The predicted octanol–water partition coefficient (Wildman–Crippen LogP) is 5.16. The van der Waals surface area contributed by atoms with Gasteiger partial charge in [0.15, 0.2) is 0 Å². The second kappa shape index (κ2) is 11.2. The predicted molar refractivity (Wildman–Crippen MR) is 128 cm³/mol. The fraction of sp³-hybridized carbons (Fsp3) is 0.440. The average molecular weight is 477 g/mol. The van der Waals surface area contributed by atoms with Gasteiger partial charge < -0.3 is 15.0 Å². The average Bonchev–Trinajstić information content (AvgIpc) is 2.79. The maximum absolute atomic E-state index is 12.4. The quantitative estimate of drug-likeness (QED) is 0.534. The van der Waals surface area contributed by atoms with Gasteiger partial charge in [-0.3, -0.25) is 9.59 Å². The van der Waals surface area contributed by atoms with Crippen molar-refractivity contribution in [1.82, 2.24) is 10.2 Å². The van der Waals surface area contributed by atoms with Crippen LogP contribution in [0.2, 0.25) is 10.0 Å². The number of methoxy groups -OCH3 is 1. The monoisotopic (exact) mass is 476 g/mol. The third-order valence-corrected chi connectivity index (χ3v) is 6.99. The number of nitrogens with one attached hydrogen (secondary N) is 1. The number of hydrogen-bond donors (Lipinski definition) is 1. The van der Waals surface area contributed by atoms with Gasteiger partial charge in [-0.1, -0.05) is 59.6 Å². The molecule has 7 heteroatoms. The molecule has 2 aromatic rings. The number of hydrogen-bond acceptors (Lipinski definition) is 4. The van der Waals surface area contributed by atoms with Crippen molar-refractivity contribution in [2.24, 2.45) is 0 Å². The number of ether oxygens (including phenoxy) is 1. The summed E-state index contributed by atoms with van der Waals surface area (Å²) in [6.07, 6.45) is 3.21. The van der Waals surface area contributed by atoms with E-state index in [4.69, 9.17) is 27.9 Å². The lowest BCUT2D eigenvalue weighted by molar-refractivity contribution is -0.142. The van der Waals surface area contributed by atoms with E-state index < -0.39 is 0 Å². The van der Waals surface area contributed by atoms with Crippen molar-refractivity contribution < 1.29 is 14.3 Å². The molecule has 0 aliphatic carbocycles. The van der Waals surface area contributed by atoms with Gasteiger partial charge in [0.2, 0.25) is 5.91 Å². The van der Waals surface area contributed by atoms with Crippen LogP contribution in [-0.4, -0.2) is 43.5 Å². The van der Waals surface area contributed by atoms with E-state index >= 15 is 0 Å². The molecule has 1 aliphatic heterocycles. The van der Waals surface area contributed by atoms with Crippen LogP contribution in [0, 0.1) is 0 Å². The second-order valence-electron chi connectivity index (χ2n) is 8.36. The molecule has 1 unspecified atom stereocenters. The number of piperidine rings is 1. The summed E-state index contributed by atoms with van der Waals surface area (Å²) >= 11 is 12.2. The van der Waals surface area contributed by atoms with Crippen LogP contribution in [0.5, 0.6) is 0 Å². The lowest BCUT2D eigenvalue weighted by atomic mass is 9.80. The number of likely N-dealkylation sites (tertiary alicyclic amines) is 1. The molecular formula is C25H30Cl2N2O3. The van der Waals surface area contributed by atoms with Crippen LogP contribution in [-0.2, 0) is 19.9 Å². The van der Waals surface area contributed by atoms with Crippen molar-refractivity contribution in [3.8, 4) is 0 Å². The van der Waals surface area contributed by atoms with E-state index in [0.717, 1.165) is 50.0 Å². The zero-order valence-electron chi connectivity index (χ0n) is 18.6. The first-order chi connectivity index (χ1) is 15.3. The Hall–Kier alpha value is -2.08. The molecule has 1 aliphatic rings. The molecule has 1 amide bonds. The fourth-order valence-corrected chi connectivity index (χ4v) is 4.86. The third-order valence-electron chi connectivity index (χ3n) is 6.25. The van der Waals surface area contributed by atoms with Gasteiger partial charge in [0.05, 0.1) is 28.6 Å². The Labute approximate surface area is 200 Å². The zero-order valence-corrected chi connectivity index (χ0v) is 20.1. The molecule has 5 nitrogen and oxygen atoms in total. The van der Waals surface area contributed by atoms with Crippen molar-refractivity contribution in [1.29, 1.82) is 0 Å².